The van der Waals surface area contributed by atoms with Crippen molar-refractivity contribution in [2.45, 2.75) is 123 Å². The summed E-state index contributed by atoms with van der Waals surface area (Å²) >= 11 is -2.11. The van der Waals surface area contributed by atoms with E-state index >= 15 is 0 Å². The fraction of sp³-hybridized carbons (Fsp3) is 0.920. The average molecular weight is 469 g/mol. The fourth-order valence-corrected chi connectivity index (χ4v) is 22.1. The fourth-order valence-electron chi connectivity index (χ4n) is 5.40. The van der Waals surface area contributed by atoms with E-state index in [1.54, 1.807) is 13.3 Å². The second kappa shape index (κ2) is 12.9. The molecule has 0 N–H and O–H groups in total. The van der Waals surface area contributed by atoms with Gasteiger partial charge in [-0.1, -0.05) is 0 Å². The third kappa shape index (κ3) is 7.51. The number of rotatable bonds is 12. The van der Waals surface area contributed by atoms with Crippen LogP contribution < -0.4 is 0 Å². The first-order valence-corrected chi connectivity index (χ1v) is 19.8. The molecule has 1 aliphatic rings. The first-order valence-electron chi connectivity index (χ1n) is 12.1. The summed E-state index contributed by atoms with van der Waals surface area (Å²) in [6, 6.07) is 0. The van der Waals surface area contributed by atoms with Crippen LogP contribution in [0.5, 0.6) is 0 Å². The maximum atomic E-state index is 2.89. The van der Waals surface area contributed by atoms with Crippen molar-refractivity contribution >= 4 is 18.4 Å². The van der Waals surface area contributed by atoms with Crippen molar-refractivity contribution in [3.8, 4) is 0 Å². The average Bonchev–Trinajstić information content (AvgIpc) is 2.61. The molecule has 3 atom stereocenters. The van der Waals surface area contributed by atoms with E-state index < -0.39 is 18.4 Å². The summed E-state index contributed by atoms with van der Waals surface area (Å²) in [6.45, 7) is 17.3. The van der Waals surface area contributed by atoms with Gasteiger partial charge in [0.05, 0.1) is 0 Å². The van der Waals surface area contributed by atoms with Crippen LogP contribution in [0.2, 0.25) is 17.2 Å². The van der Waals surface area contributed by atoms with E-state index in [1.807, 2.05) is 5.57 Å². The predicted molar refractivity (Wildman–Crippen MR) is 124 cm³/mol. The van der Waals surface area contributed by atoms with E-state index in [9.17, 15) is 0 Å². The van der Waals surface area contributed by atoms with Gasteiger partial charge in [0.1, 0.15) is 0 Å². The summed E-state index contributed by atoms with van der Waals surface area (Å²) in [5, 5.41) is 0. The second-order valence-electron chi connectivity index (χ2n) is 9.94. The quantitative estimate of drug-likeness (QED) is 0.197. The van der Waals surface area contributed by atoms with Gasteiger partial charge in [0.15, 0.2) is 0 Å². The zero-order valence-electron chi connectivity index (χ0n) is 19.4. The Balaban J connectivity index is 3.10. The van der Waals surface area contributed by atoms with E-state index in [2.05, 4.69) is 54.5 Å². The summed E-state index contributed by atoms with van der Waals surface area (Å²) in [4.78, 5) is 0. The van der Waals surface area contributed by atoms with Crippen LogP contribution in [0.25, 0.3) is 0 Å². The molecule has 1 heteroatoms. The van der Waals surface area contributed by atoms with Crippen LogP contribution in [0.3, 0.4) is 0 Å². The van der Waals surface area contributed by atoms with Gasteiger partial charge in [-0.2, -0.15) is 0 Å². The molecule has 0 aromatic heterocycles. The van der Waals surface area contributed by atoms with Crippen LogP contribution in [0, 0.1) is 17.8 Å². The standard InChI is InChI=1S/C13H23.3C4H9.Sn/c1-5-6-12-9-11(4)7-8-13(12)10(2)3;3*1-3-4-2;/h5-6,10-11,13H,7-9H2,1-4H3;3*1,3-4H2,2H3;/b12-6+;;;;/t11-,13+;;;;/m1..../s1. The molecule has 1 fully saturated rings. The number of allylic oxidation sites excluding steroid dienone is 2. The van der Waals surface area contributed by atoms with E-state index in [1.165, 1.54) is 57.8 Å². The summed E-state index contributed by atoms with van der Waals surface area (Å²) in [5.41, 5.74) is 1.87. The van der Waals surface area contributed by atoms with Crippen molar-refractivity contribution in [3.05, 3.63) is 11.6 Å². The third-order valence-corrected chi connectivity index (χ3v) is 24.9. The van der Waals surface area contributed by atoms with Crippen LogP contribution >= 0.6 is 0 Å². The molecule has 0 aromatic carbocycles. The first kappa shape index (κ1) is 24.6. The molecule has 1 aliphatic carbocycles. The molecule has 0 radical (unpaired) electrons. The summed E-state index contributed by atoms with van der Waals surface area (Å²) in [7, 11) is 0. The monoisotopic (exact) mass is 470 g/mol. The van der Waals surface area contributed by atoms with Crippen LogP contribution in [0.1, 0.15) is 106 Å². The summed E-state index contributed by atoms with van der Waals surface area (Å²) in [5.74, 6) is 2.61. The minimum absolute atomic E-state index is 0.826. The minimum atomic E-state index is -2.11. The van der Waals surface area contributed by atoms with Crippen LogP contribution in [0.4, 0.5) is 0 Å². The molecule has 0 bridgehead atoms. The van der Waals surface area contributed by atoms with Gasteiger partial charge >= 0.3 is 171 Å². The van der Waals surface area contributed by atoms with E-state index in [0.717, 1.165) is 21.7 Å². The zero-order chi connectivity index (χ0) is 19.6. The molecule has 0 aliphatic heterocycles. The molecule has 0 spiro atoms. The van der Waals surface area contributed by atoms with Crippen LogP contribution in [-0.2, 0) is 0 Å². The molecule has 154 valence electrons. The van der Waals surface area contributed by atoms with E-state index in [-0.39, 0.29) is 0 Å². The topological polar surface area (TPSA) is 0 Å². The Labute approximate surface area is 170 Å². The molecule has 26 heavy (non-hydrogen) atoms. The Morgan fingerprint density at radius 1 is 0.885 bits per heavy atom. The van der Waals surface area contributed by atoms with Crippen LogP contribution in [-0.4, -0.2) is 18.4 Å². The van der Waals surface area contributed by atoms with Crippen molar-refractivity contribution < 1.29 is 0 Å². The Morgan fingerprint density at radius 3 is 1.81 bits per heavy atom. The molecule has 1 rings (SSSR count). The van der Waals surface area contributed by atoms with Gasteiger partial charge in [-0.05, 0) is 0 Å². The Hall–Kier alpha value is 0.539. The van der Waals surface area contributed by atoms with Crippen molar-refractivity contribution in [1.29, 1.82) is 0 Å². The molecular weight excluding hydrogens is 419 g/mol. The molecule has 0 amide bonds. The van der Waals surface area contributed by atoms with Crippen LogP contribution in [0.15, 0.2) is 11.6 Å². The van der Waals surface area contributed by atoms with Gasteiger partial charge in [0, 0.05) is 0 Å². The summed E-state index contributed by atoms with van der Waals surface area (Å²) < 4.78 is 5.91. The molecule has 1 saturated carbocycles. The predicted octanol–water partition coefficient (Wildman–Crippen LogP) is 9.24. The van der Waals surface area contributed by atoms with Gasteiger partial charge < -0.3 is 0 Å². The Bertz CT molecular complexity index is 373. The van der Waals surface area contributed by atoms with Gasteiger partial charge in [-0.15, -0.1) is 0 Å². The van der Waals surface area contributed by atoms with Gasteiger partial charge in [0.25, 0.3) is 0 Å². The molecule has 0 nitrogen and oxygen atoms in total. The van der Waals surface area contributed by atoms with Gasteiger partial charge in [-0.25, -0.2) is 0 Å². The second-order valence-corrected chi connectivity index (χ2v) is 24.6. The maximum absolute atomic E-state index is 2.89. The number of unbranched alkanes of at least 4 members (excludes halogenated alkanes) is 3. The molecule has 0 heterocycles. The molecule has 0 unspecified atom stereocenters. The van der Waals surface area contributed by atoms with Crippen molar-refractivity contribution in [2.24, 2.45) is 17.8 Å². The van der Waals surface area contributed by atoms with Crippen molar-refractivity contribution in [3.63, 3.8) is 0 Å². The van der Waals surface area contributed by atoms with Gasteiger partial charge in [-0.3, -0.25) is 0 Å². The summed E-state index contributed by atoms with van der Waals surface area (Å²) in [6.07, 6.45) is 15.9. The molecule has 0 saturated heterocycles. The Morgan fingerprint density at radius 2 is 1.38 bits per heavy atom. The van der Waals surface area contributed by atoms with E-state index in [4.69, 9.17) is 0 Å². The first-order chi connectivity index (χ1) is 12.4. The van der Waals surface area contributed by atoms with Gasteiger partial charge in [0.2, 0.25) is 0 Å². The number of hydrogen-bond acceptors (Lipinski definition) is 0. The van der Waals surface area contributed by atoms with Crippen molar-refractivity contribution in [2.75, 3.05) is 0 Å². The Kier molecular flexibility index (Phi) is 12.2. The third-order valence-electron chi connectivity index (χ3n) is 7.35. The van der Waals surface area contributed by atoms with E-state index in [0.29, 0.717) is 0 Å². The molecular formula is C25H50Sn. The zero-order valence-corrected chi connectivity index (χ0v) is 22.2. The SMILES string of the molecule is CCC[CH2][Sn]([CH2]CCC)([CH2]CCC)[C@@H](C)/C=C1\C[C@H](C)CC[C@H]1C(C)C. The number of hydrogen-bond donors (Lipinski definition) is 0. The normalized spacial score (nSPS) is 24.4. The molecule has 0 aromatic rings. The van der Waals surface area contributed by atoms with Crippen molar-refractivity contribution in [1.82, 2.24) is 0 Å².